The van der Waals surface area contributed by atoms with E-state index in [1.807, 2.05) is 19.9 Å². The first-order valence-electron chi connectivity index (χ1n) is 8.40. The van der Waals surface area contributed by atoms with E-state index in [-0.39, 0.29) is 11.7 Å². The molecule has 3 rings (SSSR count). The van der Waals surface area contributed by atoms with Gasteiger partial charge in [0.25, 0.3) is 0 Å². The van der Waals surface area contributed by atoms with Crippen LogP contribution in [0.2, 0.25) is 0 Å². The second kappa shape index (κ2) is 5.83. The molecule has 0 aromatic rings. The van der Waals surface area contributed by atoms with Crippen LogP contribution in [0.15, 0.2) is 46.1 Å². The SMILES string of the molecule is CC=C(C)C(=O)O[C@]1(C)C(=O)O[C@@H]2C1=CCC(C)=C1C(=O)C=C(C)[C@H]12. The molecular weight excluding hydrogens is 320 g/mol. The number of carbonyl (C=O) groups is 3. The average molecular weight is 342 g/mol. The first-order valence-corrected chi connectivity index (χ1v) is 8.40. The number of ether oxygens (including phenoxy) is 2. The molecule has 0 unspecified atom stereocenters. The van der Waals surface area contributed by atoms with Crippen molar-refractivity contribution in [1.82, 2.24) is 0 Å². The van der Waals surface area contributed by atoms with Crippen LogP contribution in [0, 0.1) is 5.92 Å². The van der Waals surface area contributed by atoms with Crippen LogP contribution in [0.4, 0.5) is 0 Å². The van der Waals surface area contributed by atoms with E-state index >= 15 is 0 Å². The summed E-state index contributed by atoms with van der Waals surface area (Å²) in [4.78, 5) is 37.2. The minimum Gasteiger partial charge on any atom is -0.453 e. The Morgan fingerprint density at radius 3 is 2.68 bits per heavy atom. The topological polar surface area (TPSA) is 69.7 Å². The standard InChI is InChI=1S/C20H22O5/c1-6-10(2)18(22)25-20(5)13-8-7-11(3)15-14(21)9-12(4)16(15)17(13)24-19(20)23/h6,8-9,16-17H,7H2,1-5H3/t16-,17-,20+/m1/s1. The van der Waals surface area contributed by atoms with Crippen molar-refractivity contribution in [2.45, 2.75) is 52.7 Å². The number of rotatable bonds is 2. The maximum Gasteiger partial charge on any atom is 0.355 e. The highest BCUT2D eigenvalue weighted by Crippen LogP contribution is 2.47. The summed E-state index contributed by atoms with van der Waals surface area (Å²) in [6.07, 6.45) is 5.03. The molecule has 1 fully saturated rings. The Morgan fingerprint density at radius 2 is 2.04 bits per heavy atom. The molecule has 1 saturated heterocycles. The predicted octanol–water partition coefficient (Wildman–Crippen LogP) is 2.97. The van der Waals surface area contributed by atoms with Gasteiger partial charge in [0.2, 0.25) is 5.60 Å². The van der Waals surface area contributed by atoms with E-state index in [1.54, 1.807) is 32.9 Å². The molecule has 5 heteroatoms. The molecule has 132 valence electrons. The molecule has 2 aliphatic carbocycles. The molecule has 0 aromatic carbocycles. The Balaban J connectivity index is 2.03. The molecule has 0 bridgehead atoms. The fraction of sp³-hybridized carbons (Fsp3) is 0.450. The largest absolute Gasteiger partial charge is 0.453 e. The summed E-state index contributed by atoms with van der Waals surface area (Å²) in [6.45, 7) is 8.72. The molecule has 0 spiro atoms. The van der Waals surface area contributed by atoms with Gasteiger partial charge < -0.3 is 9.47 Å². The molecular formula is C20H22O5. The monoisotopic (exact) mass is 342 g/mol. The van der Waals surface area contributed by atoms with Crippen molar-refractivity contribution in [3.05, 3.63) is 46.1 Å². The van der Waals surface area contributed by atoms with Gasteiger partial charge in [-0.15, -0.1) is 0 Å². The second-order valence-corrected chi connectivity index (χ2v) is 7.01. The molecule has 0 saturated carbocycles. The highest BCUT2D eigenvalue weighted by atomic mass is 16.6. The molecule has 3 aliphatic rings. The van der Waals surface area contributed by atoms with E-state index in [0.29, 0.717) is 23.1 Å². The highest BCUT2D eigenvalue weighted by molar-refractivity contribution is 6.09. The lowest BCUT2D eigenvalue weighted by atomic mass is 9.83. The number of esters is 2. The van der Waals surface area contributed by atoms with Crippen LogP contribution in [0.3, 0.4) is 0 Å². The molecule has 1 heterocycles. The van der Waals surface area contributed by atoms with Crippen LogP contribution in [0.1, 0.15) is 41.0 Å². The van der Waals surface area contributed by atoms with Crippen LogP contribution in [-0.4, -0.2) is 29.4 Å². The zero-order valence-corrected chi connectivity index (χ0v) is 15.1. The van der Waals surface area contributed by atoms with Gasteiger partial charge in [0.15, 0.2) is 5.78 Å². The Kier molecular flexibility index (Phi) is 4.06. The van der Waals surface area contributed by atoms with Gasteiger partial charge >= 0.3 is 11.9 Å². The number of carbonyl (C=O) groups excluding carboxylic acids is 3. The summed E-state index contributed by atoms with van der Waals surface area (Å²) in [5, 5.41) is 0. The summed E-state index contributed by atoms with van der Waals surface area (Å²) >= 11 is 0. The van der Waals surface area contributed by atoms with E-state index in [4.69, 9.17) is 9.47 Å². The molecule has 0 aromatic heterocycles. The maximum atomic E-state index is 12.6. The van der Waals surface area contributed by atoms with Crippen molar-refractivity contribution in [2.75, 3.05) is 0 Å². The van der Waals surface area contributed by atoms with Crippen LogP contribution < -0.4 is 0 Å². The van der Waals surface area contributed by atoms with Crippen LogP contribution in [-0.2, 0) is 23.9 Å². The third kappa shape index (κ3) is 2.49. The smallest absolute Gasteiger partial charge is 0.355 e. The minimum absolute atomic E-state index is 0.0268. The second-order valence-electron chi connectivity index (χ2n) is 7.01. The number of allylic oxidation sites excluding steroid dienone is 4. The Hall–Kier alpha value is -2.43. The lowest BCUT2D eigenvalue weighted by Gasteiger charge is -2.25. The van der Waals surface area contributed by atoms with Gasteiger partial charge in [-0.25, -0.2) is 9.59 Å². The molecule has 1 aliphatic heterocycles. The predicted molar refractivity (Wildman–Crippen MR) is 91.5 cm³/mol. The Morgan fingerprint density at radius 1 is 1.36 bits per heavy atom. The molecule has 0 N–H and O–H groups in total. The van der Waals surface area contributed by atoms with Gasteiger partial charge in [0.1, 0.15) is 6.10 Å². The van der Waals surface area contributed by atoms with Crippen LogP contribution in [0.25, 0.3) is 0 Å². The third-order valence-corrected chi connectivity index (χ3v) is 5.35. The lowest BCUT2D eigenvalue weighted by Crippen LogP contribution is -2.39. The minimum atomic E-state index is -1.46. The van der Waals surface area contributed by atoms with Gasteiger partial charge in [-0.05, 0) is 47.1 Å². The number of fused-ring (bicyclic) bond motifs is 3. The first-order chi connectivity index (χ1) is 11.7. The zero-order valence-electron chi connectivity index (χ0n) is 15.1. The lowest BCUT2D eigenvalue weighted by molar-refractivity contribution is -0.167. The Labute approximate surface area is 147 Å². The molecule has 5 nitrogen and oxygen atoms in total. The van der Waals surface area contributed by atoms with Crippen molar-refractivity contribution in [3.8, 4) is 0 Å². The summed E-state index contributed by atoms with van der Waals surface area (Å²) in [6, 6.07) is 0. The summed E-state index contributed by atoms with van der Waals surface area (Å²) in [7, 11) is 0. The molecule has 0 radical (unpaired) electrons. The van der Waals surface area contributed by atoms with Gasteiger partial charge in [0, 0.05) is 16.7 Å². The summed E-state index contributed by atoms with van der Waals surface area (Å²) in [5.41, 5.74) is 2.10. The first kappa shape index (κ1) is 17.4. The molecule has 3 atom stereocenters. The molecule has 0 amide bonds. The van der Waals surface area contributed by atoms with Crippen molar-refractivity contribution in [3.63, 3.8) is 0 Å². The van der Waals surface area contributed by atoms with E-state index < -0.39 is 23.6 Å². The fourth-order valence-corrected chi connectivity index (χ4v) is 3.72. The van der Waals surface area contributed by atoms with E-state index in [2.05, 4.69) is 0 Å². The summed E-state index contributed by atoms with van der Waals surface area (Å²) in [5.74, 6) is -1.46. The average Bonchev–Trinajstić information content (AvgIpc) is 2.90. The van der Waals surface area contributed by atoms with Gasteiger partial charge in [0.05, 0.1) is 5.92 Å². The van der Waals surface area contributed by atoms with Crippen molar-refractivity contribution in [2.24, 2.45) is 5.92 Å². The highest BCUT2D eigenvalue weighted by Gasteiger charge is 2.57. The maximum absolute atomic E-state index is 12.6. The third-order valence-electron chi connectivity index (χ3n) is 5.35. The van der Waals surface area contributed by atoms with Crippen LogP contribution >= 0.6 is 0 Å². The zero-order chi connectivity index (χ0) is 18.5. The quantitative estimate of drug-likeness (QED) is 0.438. The number of hydrogen-bond donors (Lipinski definition) is 0. The Bertz CT molecular complexity index is 808. The van der Waals surface area contributed by atoms with Gasteiger partial charge in [-0.2, -0.15) is 0 Å². The van der Waals surface area contributed by atoms with E-state index in [9.17, 15) is 14.4 Å². The number of hydrogen-bond acceptors (Lipinski definition) is 5. The number of ketones is 1. The van der Waals surface area contributed by atoms with E-state index in [0.717, 1.165) is 11.1 Å². The van der Waals surface area contributed by atoms with Crippen LogP contribution in [0.5, 0.6) is 0 Å². The van der Waals surface area contributed by atoms with Crippen molar-refractivity contribution in [1.29, 1.82) is 0 Å². The molecule has 25 heavy (non-hydrogen) atoms. The van der Waals surface area contributed by atoms with Crippen molar-refractivity contribution < 1.29 is 23.9 Å². The normalized spacial score (nSPS) is 31.8. The van der Waals surface area contributed by atoms with E-state index in [1.165, 1.54) is 0 Å². The van der Waals surface area contributed by atoms with Crippen molar-refractivity contribution >= 4 is 17.7 Å². The fourth-order valence-electron chi connectivity index (χ4n) is 3.72. The van der Waals surface area contributed by atoms with Gasteiger partial charge in [-0.3, -0.25) is 4.79 Å². The van der Waals surface area contributed by atoms with Gasteiger partial charge in [-0.1, -0.05) is 23.3 Å². The summed E-state index contributed by atoms with van der Waals surface area (Å²) < 4.78 is 11.2.